The first-order valence-electron chi connectivity index (χ1n) is 7.23. The molecule has 0 saturated heterocycles. The van der Waals surface area contributed by atoms with Crippen LogP contribution in [0.15, 0.2) is 42.5 Å². The number of rotatable bonds is 4. The van der Waals surface area contributed by atoms with Gasteiger partial charge in [-0.1, -0.05) is 48.9 Å². The van der Waals surface area contributed by atoms with Gasteiger partial charge in [-0.3, -0.25) is 4.90 Å². The molecule has 1 aromatic rings. The molecular formula is C17H25N. The molecule has 0 radical (unpaired) electrons. The molecule has 1 aliphatic rings. The zero-order valence-corrected chi connectivity index (χ0v) is 11.7. The van der Waals surface area contributed by atoms with E-state index in [4.69, 9.17) is 0 Å². The van der Waals surface area contributed by atoms with Gasteiger partial charge in [-0.2, -0.15) is 0 Å². The fraction of sp³-hybridized carbons (Fsp3) is 0.529. The van der Waals surface area contributed by atoms with Crippen molar-refractivity contribution in [2.24, 2.45) is 0 Å². The van der Waals surface area contributed by atoms with Crippen molar-refractivity contribution in [2.75, 3.05) is 0 Å². The molecule has 0 aromatic heterocycles. The minimum atomic E-state index is 0.595. The van der Waals surface area contributed by atoms with Crippen LogP contribution in [0.25, 0.3) is 0 Å². The number of nitrogens with zero attached hydrogens (tertiary/aromatic N) is 1. The third kappa shape index (κ3) is 3.71. The van der Waals surface area contributed by atoms with Gasteiger partial charge in [0.25, 0.3) is 0 Å². The summed E-state index contributed by atoms with van der Waals surface area (Å²) in [5.74, 6) is 0. The molecule has 1 aromatic carbocycles. The third-order valence-corrected chi connectivity index (χ3v) is 3.78. The molecule has 0 spiro atoms. The Morgan fingerprint density at radius 3 is 2.67 bits per heavy atom. The van der Waals surface area contributed by atoms with E-state index in [0.717, 1.165) is 6.54 Å². The quantitative estimate of drug-likeness (QED) is 0.709. The topological polar surface area (TPSA) is 3.24 Å². The van der Waals surface area contributed by atoms with Crippen LogP contribution in [0, 0.1) is 0 Å². The Morgan fingerprint density at radius 2 is 1.94 bits per heavy atom. The molecule has 0 N–H and O–H groups in total. The molecule has 0 saturated carbocycles. The molecule has 0 aliphatic heterocycles. The lowest BCUT2D eigenvalue weighted by Crippen LogP contribution is -2.38. The van der Waals surface area contributed by atoms with Gasteiger partial charge in [-0.05, 0) is 38.7 Å². The highest BCUT2D eigenvalue weighted by molar-refractivity contribution is 5.15. The second-order valence-corrected chi connectivity index (χ2v) is 5.53. The van der Waals surface area contributed by atoms with E-state index in [1.54, 1.807) is 0 Å². The fourth-order valence-corrected chi connectivity index (χ4v) is 2.72. The average molecular weight is 243 g/mol. The second-order valence-electron chi connectivity index (χ2n) is 5.53. The van der Waals surface area contributed by atoms with Crippen molar-refractivity contribution in [3.8, 4) is 0 Å². The molecule has 1 nitrogen and oxygen atoms in total. The van der Waals surface area contributed by atoms with Crippen molar-refractivity contribution in [1.82, 2.24) is 4.90 Å². The molecule has 1 heteroatoms. The van der Waals surface area contributed by atoms with Crippen molar-refractivity contribution in [3.05, 3.63) is 48.0 Å². The highest BCUT2D eigenvalue weighted by atomic mass is 15.2. The van der Waals surface area contributed by atoms with Gasteiger partial charge in [0.15, 0.2) is 0 Å². The fourth-order valence-electron chi connectivity index (χ4n) is 2.72. The molecule has 18 heavy (non-hydrogen) atoms. The zero-order chi connectivity index (χ0) is 12.8. The molecule has 0 amide bonds. The van der Waals surface area contributed by atoms with E-state index < -0.39 is 0 Å². The van der Waals surface area contributed by atoms with Crippen molar-refractivity contribution < 1.29 is 0 Å². The van der Waals surface area contributed by atoms with Gasteiger partial charge in [0.1, 0.15) is 0 Å². The lowest BCUT2D eigenvalue weighted by Gasteiger charge is -2.33. The van der Waals surface area contributed by atoms with E-state index in [2.05, 4.69) is 61.2 Å². The number of benzene rings is 1. The molecule has 0 bridgehead atoms. The molecule has 0 heterocycles. The van der Waals surface area contributed by atoms with Crippen molar-refractivity contribution in [3.63, 3.8) is 0 Å². The van der Waals surface area contributed by atoms with Crippen molar-refractivity contribution in [1.29, 1.82) is 0 Å². The summed E-state index contributed by atoms with van der Waals surface area (Å²) in [6.45, 7) is 5.68. The highest BCUT2D eigenvalue weighted by Gasteiger charge is 2.19. The summed E-state index contributed by atoms with van der Waals surface area (Å²) in [5.41, 5.74) is 1.42. The van der Waals surface area contributed by atoms with Crippen LogP contribution in [-0.4, -0.2) is 17.0 Å². The number of hydrogen-bond donors (Lipinski definition) is 0. The maximum absolute atomic E-state index is 2.62. The predicted molar refractivity (Wildman–Crippen MR) is 78.5 cm³/mol. The van der Waals surface area contributed by atoms with Crippen molar-refractivity contribution in [2.45, 2.75) is 58.2 Å². The monoisotopic (exact) mass is 243 g/mol. The maximum atomic E-state index is 2.62. The summed E-state index contributed by atoms with van der Waals surface area (Å²) in [4.78, 5) is 2.62. The largest absolute Gasteiger partial charge is 0.290 e. The lowest BCUT2D eigenvalue weighted by molar-refractivity contribution is 0.164. The highest BCUT2D eigenvalue weighted by Crippen LogP contribution is 2.20. The normalized spacial score (nSPS) is 20.3. The van der Waals surface area contributed by atoms with E-state index >= 15 is 0 Å². The summed E-state index contributed by atoms with van der Waals surface area (Å²) in [6, 6.07) is 12.0. The van der Waals surface area contributed by atoms with E-state index in [9.17, 15) is 0 Å². The molecule has 1 atom stereocenters. The maximum Gasteiger partial charge on any atom is 0.0284 e. The Bertz CT molecular complexity index is 366. The number of allylic oxidation sites excluding steroid dienone is 1. The predicted octanol–water partition coefficient (Wildman–Crippen LogP) is 4.40. The molecule has 0 fully saturated rings. The van der Waals surface area contributed by atoms with Crippen LogP contribution >= 0.6 is 0 Å². The van der Waals surface area contributed by atoms with Crippen LogP contribution in [0.1, 0.15) is 45.1 Å². The average Bonchev–Trinajstić information content (AvgIpc) is 2.65. The SMILES string of the molecule is CC(C)N(Cc1ccccc1)C1C=CCCCC1. The summed E-state index contributed by atoms with van der Waals surface area (Å²) < 4.78 is 0. The first kappa shape index (κ1) is 13.4. The van der Waals surface area contributed by atoms with Crippen LogP contribution in [0.5, 0.6) is 0 Å². The van der Waals surface area contributed by atoms with Crippen LogP contribution in [0.4, 0.5) is 0 Å². The lowest BCUT2D eigenvalue weighted by atomic mass is 10.1. The third-order valence-electron chi connectivity index (χ3n) is 3.78. The molecule has 1 aliphatic carbocycles. The van der Waals surface area contributed by atoms with E-state index in [-0.39, 0.29) is 0 Å². The van der Waals surface area contributed by atoms with Crippen LogP contribution in [-0.2, 0) is 6.54 Å². The summed E-state index contributed by atoms with van der Waals surface area (Å²) in [5, 5.41) is 0. The Labute approximate surface area is 112 Å². The van der Waals surface area contributed by atoms with Gasteiger partial charge < -0.3 is 0 Å². The van der Waals surface area contributed by atoms with Gasteiger partial charge >= 0.3 is 0 Å². The molecule has 2 rings (SSSR count). The Hall–Kier alpha value is -1.08. The molecular weight excluding hydrogens is 218 g/mol. The Kier molecular flexibility index (Phi) is 5.00. The van der Waals surface area contributed by atoms with Gasteiger partial charge in [-0.15, -0.1) is 0 Å². The zero-order valence-electron chi connectivity index (χ0n) is 11.7. The first-order chi connectivity index (χ1) is 8.77. The minimum Gasteiger partial charge on any atom is -0.290 e. The summed E-state index contributed by atoms with van der Waals surface area (Å²) >= 11 is 0. The van der Waals surface area contributed by atoms with E-state index in [1.807, 2.05) is 0 Å². The van der Waals surface area contributed by atoms with Gasteiger partial charge in [0.2, 0.25) is 0 Å². The first-order valence-corrected chi connectivity index (χ1v) is 7.23. The van der Waals surface area contributed by atoms with Gasteiger partial charge in [-0.25, -0.2) is 0 Å². The van der Waals surface area contributed by atoms with Crippen LogP contribution in [0.2, 0.25) is 0 Å². The molecule has 98 valence electrons. The van der Waals surface area contributed by atoms with Gasteiger partial charge in [0, 0.05) is 18.6 Å². The summed E-state index contributed by atoms with van der Waals surface area (Å²) in [6.07, 6.45) is 10.1. The smallest absolute Gasteiger partial charge is 0.0284 e. The van der Waals surface area contributed by atoms with Crippen LogP contribution in [0.3, 0.4) is 0 Å². The van der Waals surface area contributed by atoms with Crippen molar-refractivity contribution >= 4 is 0 Å². The Morgan fingerprint density at radius 1 is 1.17 bits per heavy atom. The summed E-state index contributed by atoms with van der Waals surface area (Å²) in [7, 11) is 0. The van der Waals surface area contributed by atoms with E-state index in [1.165, 1.54) is 31.2 Å². The Balaban J connectivity index is 2.08. The molecule has 1 unspecified atom stereocenters. The standard InChI is InChI=1S/C17H25N/c1-15(2)18(14-16-10-6-5-7-11-16)17-12-8-3-4-9-13-17/h5-8,10-12,15,17H,3-4,9,13-14H2,1-2H3. The van der Waals surface area contributed by atoms with E-state index in [0.29, 0.717) is 12.1 Å². The second kappa shape index (κ2) is 6.75. The van der Waals surface area contributed by atoms with Crippen LogP contribution < -0.4 is 0 Å². The van der Waals surface area contributed by atoms with Gasteiger partial charge in [0.05, 0.1) is 0 Å². The number of hydrogen-bond acceptors (Lipinski definition) is 1. The minimum absolute atomic E-state index is 0.595.